The minimum absolute atomic E-state index is 0.0554. The smallest absolute Gasteiger partial charge is 0.269 e. The highest BCUT2D eigenvalue weighted by Gasteiger charge is 2.28. The van der Waals surface area contributed by atoms with Crippen molar-refractivity contribution in [2.45, 2.75) is 62.0 Å². The largest absolute Gasteiger partial charge is 0.335 e. The molecule has 1 heterocycles. The molecule has 3 aromatic rings. The molecule has 0 spiro atoms. The molecule has 188 valence electrons. The molecule has 36 heavy (non-hydrogen) atoms. The second kappa shape index (κ2) is 12.2. The van der Waals surface area contributed by atoms with Crippen molar-refractivity contribution in [3.8, 4) is 0 Å². The Hall–Kier alpha value is -3.16. The van der Waals surface area contributed by atoms with Crippen molar-refractivity contribution in [2.75, 3.05) is 13.1 Å². The van der Waals surface area contributed by atoms with Crippen molar-refractivity contribution in [1.82, 2.24) is 9.80 Å². The highest BCUT2D eigenvalue weighted by atomic mass is 32.2. The lowest BCUT2D eigenvalue weighted by Crippen LogP contribution is -2.46. The van der Waals surface area contributed by atoms with Gasteiger partial charge in [0.25, 0.3) is 5.69 Å². The molecule has 1 fully saturated rings. The zero-order chi connectivity index (χ0) is 25.5. The lowest BCUT2D eigenvalue weighted by atomic mass is 10.0. The Morgan fingerprint density at radius 2 is 1.75 bits per heavy atom. The fourth-order valence-corrected chi connectivity index (χ4v) is 5.59. The summed E-state index contributed by atoms with van der Waals surface area (Å²) in [6, 6.07) is 23.8. The summed E-state index contributed by atoms with van der Waals surface area (Å²) < 4.78 is 0. The summed E-state index contributed by atoms with van der Waals surface area (Å²) in [5.41, 5.74) is 3.36. The molecule has 0 aliphatic carbocycles. The zero-order valence-electron chi connectivity index (χ0n) is 20.9. The van der Waals surface area contributed by atoms with Crippen LogP contribution in [0.3, 0.4) is 0 Å². The summed E-state index contributed by atoms with van der Waals surface area (Å²) in [6.45, 7) is 7.07. The molecule has 1 aliphatic rings. The molecule has 0 atom stereocenters. The molecule has 3 aromatic carbocycles. The van der Waals surface area contributed by atoms with Gasteiger partial charge in [-0.3, -0.25) is 19.8 Å². The van der Waals surface area contributed by atoms with Crippen molar-refractivity contribution in [1.29, 1.82) is 0 Å². The van der Waals surface area contributed by atoms with E-state index >= 15 is 0 Å². The molecular weight excluding hydrogens is 470 g/mol. The number of hydrogen-bond donors (Lipinski definition) is 0. The summed E-state index contributed by atoms with van der Waals surface area (Å²) in [4.78, 5) is 30.7. The number of carbonyl (C=O) groups excluding carboxylic acids is 1. The molecule has 1 aliphatic heterocycles. The van der Waals surface area contributed by atoms with Crippen molar-refractivity contribution >= 4 is 23.4 Å². The van der Waals surface area contributed by atoms with Crippen molar-refractivity contribution in [3.63, 3.8) is 0 Å². The molecule has 1 amide bonds. The first kappa shape index (κ1) is 25.9. The molecule has 0 unspecified atom stereocenters. The van der Waals surface area contributed by atoms with E-state index in [0.29, 0.717) is 13.0 Å². The number of nitro benzene ring substituents is 1. The highest BCUT2D eigenvalue weighted by Crippen LogP contribution is 2.34. The number of piperidine rings is 1. The molecule has 7 heteroatoms. The summed E-state index contributed by atoms with van der Waals surface area (Å²) in [6.07, 6.45) is 2.21. The van der Waals surface area contributed by atoms with E-state index < -0.39 is 0 Å². The van der Waals surface area contributed by atoms with Gasteiger partial charge in [0.1, 0.15) is 0 Å². The van der Waals surface area contributed by atoms with Crippen LogP contribution in [0, 0.1) is 17.0 Å². The van der Waals surface area contributed by atoms with Gasteiger partial charge >= 0.3 is 0 Å². The normalized spacial score (nSPS) is 14.5. The summed E-state index contributed by atoms with van der Waals surface area (Å²) in [5.74, 6) is 0.0919. The predicted molar refractivity (Wildman–Crippen MR) is 144 cm³/mol. The summed E-state index contributed by atoms with van der Waals surface area (Å²) >= 11 is 1.58. The van der Waals surface area contributed by atoms with Gasteiger partial charge in [0, 0.05) is 60.6 Å². The Bertz CT molecular complexity index is 1180. The third-order valence-electron chi connectivity index (χ3n) is 6.71. The van der Waals surface area contributed by atoms with Crippen LogP contribution in [0.5, 0.6) is 0 Å². The van der Waals surface area contributed by atoms with Gasteiger partial charge in [-0.1, -0.05) is 66.7 Å². The topological polar surface area (TPSA) is 66.7 Å². The quantitative estimate of drug-likeness (QED) is 0.248. The third kappa shape index (κ3) is 6.74. The average Bonchev–Trinajstić information content (AvgIpc) is 2.90. The van der Waals surface area contributed by atoms with Crippen LogP contribution >= 0.6 is 11.8 Å². The number of amides is 1. The Morgan fingerprint density at radius 3 is 2.39 bits per heavy atom. The molecule has 1 saturated heterocycles. The number of benzene rings is 3. The van der Waals surface area contributed by atoms with Crippen LogP contribution in [0.15, 0.2) is 82.6 Å². The number of carbonyl (C=O) groups is 1. The summed E-state index contributed by atoms with van der Waals surface area (Å²) in [5, 5.41) is 11.5. The van der Waals surface area contributed by atoms with Crippen LogP contribution in [0.1, 0.15) is 42.9 Å². The number of non-ortho nitro benzene ring substituents is 1. The van der Waals surface area contributed by atoms with E-state index in [1.54, 1.807) is 23.9 Å². The van der Waals surface area contributed by atoms with E-state index in [-0.39, 0.29) is 22.6 Å². The Balaban J connectivity index is 1.52. The van der Waals surface area contributed by atoms with Crippen LogP contribution in [-0.2, 0) is 17.9 Å². The molecule has 6 nitrogen and oxygen atoms in total. The SMILES string of the molecule is CCC(=O)N(Cc1cc([N+](=O)[O-])ccc1Sc1ccc(C)cc1)C1CCN(Cc2ccccc2)CC1. The average molecular weight is 504 g/mol. The minimum atomic E-state index is -0.363. The monoisotopic (exact) mass is 503 g/mol. The van der Waals surface area contributed by atoms with E-state index in [2.05, 4.69) is 53.4 Å². The minimum Gasteiger partial charge on any atom is -0.335 e. The molecule has 0 N–H and O–H groups in total. The predicted octanol–water partition coefficient (Wildman–Crippen LogP) is 6.46. The highest BCUT2D eigenvalue weighted by molar-refractivity contribution is 7.99. The van der Waals surface area contributed by atoms with E-state index in [1.165, 1.54) is 11.1 Å². The van der Waals surface area contributed by atoms with Gasteiger partial charge in [-0.25, -0.2) is 0 Å². The molecule has 0 aromatic heterocycles. The van der Waals surface area contributed by atoms with Gasteiger partial charge < -0.3 is 4.90 Å². The van der Waals surface area contributed by atoms with Crippen molar-refractivity contribution in [3.05, 3.63) is 99.6 Å². The van der Waals surface area contributed by atoms with E-state index in [1.807, 2.05) is 30.9 Å². The Morgan fingerprint density at radius 1 is 1.06 bits per heavy atom. The van der Waals surface area contributed by atoms with Gasteiger partial charge in [0.05, 0.1) is 4.92 Å². The Kier molecular flexibility index (Phi) is 8.78. The fourth-order valence-electron chi connectivity index (χ4n) is 4.67. The van der Waals surface area contributed by atoms with Crippen LogP contribution < -0.4 is 0 Å². The number of hydrogen-bond acceptors (Lipinski definition) is 5. The van der Waals surface area contributed by atoms with Gasteiger partial charge in [-0.2, -0.15) is 0 Å². The van der Waals surface area contributed by atoms with Crippen LogP contribution in [0.2, 0.25) is 0 Å². The van der Waals surface area contributed by atoms with Gasteiger partial charge in [0.2, 0.25) is 5.91 Å². The first-order chi connectivity index (χ1) is 17.4. The van der Waals surface area contributed by atoms with E-state index in [0.717, 1.165) is 47.8 Å². The maximum absolute atomic E-state index is 13.1. The number of likely N-dealkylation sites (tertiary alicyclic amines) is 1. The fraction of sp³-hybridized carbons (Fsp3) is 0.345. The van der Waals surface area contributed by atoms with Gasteiger partial charge in [-0.15, -0.1) is 0 Å². The second-order valence-electron chi connectivity index (χ2n) is 9.33. The number of rotatable bonds is 9. The number of aryl methyl sites for hydroxylation is 1. The van der Waals surface area contributed by atoms with E-state index in [4.69, 9.17) is 0 Å². The van der Waals surface area contributed by atoms with Crippen LogP contribution in [-0.4, -0.2) is 39.8 Å². The molecular formula is C29H33N3O3S. The maximum atomic E-state index is 13.1. The first-order valence-electron chi connectivity index (χ1n) is 12.5. The van der Waals surface area contributed by atoms with Crippen molar-refractivity contribution in [2.24, 2.45) is 0 Å². The molecule has 0 radical (unpaired) electrons. The van der Waals surface area contributed by atoms with E-state index in [9.17, 15) is 14.9 Å². The second-order valence-corrected chi connectivity index (χ2v) is 10.4. The standard InChI is InChI=1S/C29H33N3O3S/c1-3-29(33)31(25-15-17-30(18-16-25)20-23-7-5-4-6-8-23)21-24-19-26(32(34)35)11-14-28(24)36-27-12-9-22(2)10-13-27/h4-14,19,25H,3,15-18,20-21H2,1-2H3. The summed E-state index contributed by atoms with van der Waals surface area (Å²) in [7, 11) is 0. The molecule has 4 rings (SSSR count). The van der Waals surface area contributed by atoms with Gasteiger partial charge in [-0.05, 0) is 49.1 Å². The maximum Gasteiger partial charge on any atom is 0.269 e. The Labute approximate surface area is 217 Å². The molecule has 0 saturated carbocycles. The van der Waals surface area contributed by atoms with Crippen LogP contribution in [0.25, 0.3) is 0 Å². The lowest BCUT2D eigenvalue weighted by molar-refractivity contribution is -0.385. The molecule has 0 bridgehead atoms. The van der Waals surface area contributed by atoms with Crippen LogP contribution in [0.4, 0.5) is 5.69 Å². The zero-order valence-corrected chi connectivity index (χ0v) is 21.7. The number of nitrogens with zero attached hydrogens (tertiary/aromatic N) is 3. The number of nitro groups is 1. The third-order valence-corrected chi connectivity index (χ3v) is 7.84. The lowest BCUT2D eigenvalue weighted by Gasteiger charge is -2.39. The first-order valence-corrected chi connectivity index (χ1v) is 13.3. The van der Waals surface area contributed by atoms with Gasteiger partial charge in [0.15, 0.2) is 0 Å². The van der Waals surface area contributed by atoms with Crippen molar-refractivity contribution < 1.29 is 9.72 Å².